The van der Waals surface area contributed by atoms with Crippen LogP contribution in [0.3, 0.4) is 0 Å². The Labute approximate surface area is 103 Å². The van der Waals surface area contributed by atoms with Gasteiger partial charge in [0.05, 0.1) is 5.69 Å². The monoisotopic (exact) mass is 282 g/mol. The van der Waals surface area contributed by atoms with Crippen LogP contribution in [-0.2, 0) is 0 Å². The first-order valence-corrected chi connectivity index (χ1v) is 5.97. The predicted molar refractivity (Wildman–Crippen MR) is 69.5 cm³/mol. The maximum atomic E-state index is 5.91. The van der Waals surface area contributed by atoms with Gasteiger partial charge in [0.1, 0.15) is 11.5 Å². The van der Waals surface area contributed by atoms with Gasteiger partial charge < -0.3 is 11.1 Å². The first kappa shape index (κ1) is 11.4. The van der Waals surface area contributed by atoms with Crippen LogP contribution in [0.1, 0.15) is 19.5 Å². The van der Waals surface area contributed by atoms with Crippen molar-refractivity contribution >= 4 is 27.5 Å². The Morgan fingerprint density at radius 2 is 2.25 bits per heavy atom. The fourth-order valence-electron chi connectivity index (χ4n) is 1.54. The van der Waals surface area contributed by atoms with Gasteiger partial charge in [-0.05, 0) is 22.0 Å². The number of nitrogen functional groups attached to an aromatic ring is 1. The molecule has 16 heavy (non-hydrogen) atoms. The molecule has 2 heterocycles. The Morgan fingerprint density at radius 3 is 2.81 bits per heavy atom. The number of pyridine rings is 1. The van der Waals surface area contributed by atoms with Crippen LogP contribution in [0.25, 0.3) is 0 Å². The molecule has 5 heteroatoms. The fourth-order valence-corrected chi connectivity index (χ4v) is 1.89. The number of nitrogens with one attached hydrogen (secondary N) is 1. The van der Waals surface area contributed by atoms with Gasteiger partial charge in [-0.3, -0.25) is 4.99 Å². The zero-order valence-corrected chi connectivity index (χ0v) is 11.0. The van der Waals surface area contributed by atoms with Gasteiger partial charge >= 0.3 is 0 Å². The van der Waals surface area contributed by atoms with Crippen molar-refractivity contribution in [2.45, 2.75) is 13.8 Å². The Hall–Kier alpha value is -1.10. The third-order valence-electron chi connectivity index (χ3n) is 2.51. The third kappa shape index (κ3) is 2.35. The Kier molecular flexibility index (Phi) is 2.88. The number of aliphatic imine (C=N–C) groups is 1. The lowest BCUT2D eigenvalue weighted by atomic mass is 9.92. The minimum absolute atomic E-state index is 0.202. The number of halogens is 1. The molecule has 0 aliphatic carbocycles. The summed E-state index contributed by atoms with van der Waals surface area (Å²) in [5.74, 6) is 0.796. The molecule has 0 radical (unpaired) electrons. The molecule has 86 valence electrons. The van der Waals surface area contributed by atoms with E-state index in [-0.39, 0.29) is 5.41 Å². The molecule has 2 rings (SSSR count). The molecule has 1 aromatic heterocycles. The SMILES string of the molecule is CC1(C)CN=C(c2ncc(Br)cc2N)NC1. The second-order valence-corrected chi connectivity index (χ2v) is 5.69. The van der Waals surface area contributed by atoms with Crippen LogP contribution in [-0.4, -0.2) is 23.9 Å². The standard InChI is InChI=1S/C11H15BrN4/c1-11(2)5-15-10(16-6-11)9-8(13)3-7(12)4-14-9/h3-4H,5-6,13H2,1-2H3,(H,15,16). The lowest BCUT2D eigenvalue weighted by Gasteiger charge is -2.29. The molecular weight excluding hydrogens is 268 g/mol. The van der Waals surface area contributed by atoms with Crippen LogP contribution < -0.4 is 11.1 Å². The number of hydrogen-bond donors (Lipinski definition) is 2. The summed E-state index contributed by atoms with van der Waals surface area (Å²) in [4.78, 5) is 8.77. The van der Waals surface area contributed by atoms with Crippen molar-refractivity contribution in [3.63, 3.8) is 0 Å². The van der Waals surface area contributed by atoms with E-state index in [1.165, 1.54) is 0 Å². The normalized spacial score (nSPS) is 18.8. The second kappa shape index (κ2) is 4.05. The third-order valence-corrected chi connectivity index (χ3v) is 2.94. The molecule has 1 aliphatic heterocycles. The number of anilines is 1. The van der Waals surface area contributed by atoms with Gasteiger partial charge in [-0.1, -0.05) is 13.8 Å². The molecule has 3 N–H and O–H groups in total. The highest BCUT2D eigenvalue weighted by Crippen LogP contribution is 2.21. The lowest BCUT2D eigenvalue weighted by Crippen LogP contribution is -2.41. The van der Waals surface area contributed by atoms with Gasteiger partial charge in [0.25, 0.3) is 0 Å². The zero-order valence-electron chi connectivity index (χ0n) is 9.42. The average molecular weight is 283 g/mol. The average Bonchev–Trinajstić information content (AvgIpc) is 2.19. The van der Waals surface area contributed by atoms with Crippen molar-refractivity contribution in [3.05, 3.63) is 22.4 Å². The molecule has 1 aliphatic rings. The largest absolute Gasteiger partial charge is 0.397 e. The summed E-state index contributed by atoms with van der Waals surface area (Å²) in [6.45, 7) is 6.05. The van der Waals surface area contributed by atoms with Gasteiger partial charge in [-0.15, -0.1) is 0 Å². The molecule has 0 bridgehead atoms. The molecule has 0 saturated carbocycles. The van der Waals surface area contributed by atoms with Crippen LogP contribution in [0.4, 0.5) is 5.69 Å². The predicted octanol–water partition coefficient (Wildman–Crippen LogP) is 1.80. The van der Waals surface area contributed by atoms with Gasteiger partial charge in [0, 0.05) is 29.2 Å². The van der Waals surface area contributed by atoms with E-state index in [1.807, 2.05) is 6.07 Å². The van der Waals surface area contributed by atoms with E-state index >= 15 is 0 Å². The van der Waals surface area contributed by atoms with Crippen molar-refractivity contribution in [2.24, 2.45) is 10.4 Å². The minimum atomic E-state index is 0.202. The van der Waals surface area contributed by atoms with Gasteiger partial charge in [-0.2, -0.15) is 0 Å². The first-order chi connectivity index (χ1) is 7.48. The van der Waals surface area contributed by atoms with Crippen LogP contribution >= 0.6 is 15.9 Å². The van der Waals surface area contributed by atoms with E-state index in [9.17, 15) is 0 Å². The molecule has 0 aromatic carbocycles. The van der Waals surface area contributed by atoms with Gasteiger partial charge in [-0.25, -0.2) is 4.98 Å². The van der Waals surface area contributed by atoms with Crippen LogP contribution in [0.2, 0.25) is 0 Å². The second-order valence-electron chi connectivity index (χ2n) is 4.77. The van der Waals surface area contributed by atoms with Crippen molar-refractivity contribution in [2.75, 3.05) is 18.8 Å². The number of hydrogen-bond acceptors (Lipinski definition) is 4. The number of nitrogens with two attached hydrogens (primary N) is 1. The maximum Gasteiger partial charge on any atom is 0.149 e. The maximum absolute atomic E-state index is 5.91. The summed E-state index contributed by atoms with van der Waals surface area (Å²) in [6, 6.07) is 1.84. The zero-order chi connectivity index (χ0) is 11.8. The molecule has 1 aromatic rings. The molecule has 0 unspecified atom stereocenters. The summed E-state index contributed by atoms with van der Waals surface area (Å²) in [5.41, 5.74) is 7.48. The Balaban J connectivity index is 2.29. The van der Waals surface area contributed by atoms with E-state index in [1.54, 1.807) is 6.20 Å². The Morgan fingerprint density at radius 1 is 1.50 bits per heavy atom. The van der Waals surface area contributed by atoms with Crippen LogP contribution in [0.5, 0.6) is 0 Å². The van der Waals surface area contributed by atoms with Gasteiger partial charge in [0.2, 0.25) is 0 Å². The number of amidine groups is 1. The molecule has 0 saturated heterocycles. The molecule has 0 atom stereocenters. The van der Waals surface area contributed by atoms with Crippen molar-refractivity contribution in [3.8, 4) is 0 Å². The van der Waals surface area contributed by atoms with E-state index < -0.39 is 0 Å². The lowest BCUT2D eigenvalue weighted by molar-refractivity contribution is 0.362. The quantitative estimate of drug-likeness (QED) is 0.826. The molecule has 0 fully saturated rings. The Bertz CT molecular complexity index is 440. The van der Waals surface area contributed by atoms with E-state index in [0.29, 0.717) is 5.69 Å². The molecule has 4 nitrogen and oxygen atoms in total. The van der Waals surface area contributed by atoms with E-state index in [0.717, 1.165) is 29.1 Å². The smallest absolute Gasteiger partial charge is 0.149 e. The van der Waals surface area contributed by atoms with Crippen molar-refractivity contribution in [1.82, 2.24) is 10.3 Å². The summed E-state index contributed by atoms with van der Waals surface area (Å²) in [6.07, 6.45) is 1.73. The minimum Gasteiger partial charge on any atom is -0.397 e. The highest BCUT2D eigenvalue weighted by Gasteiger charge is 2.24. The van der Waals surface area contributed by atoms with Gasteiger partial charge in [0.15, 0.2) is 0 Å². The highest BCUT2D eigenvalue weighted by molar-refractivity contribution is 9.10. The van der Waals surface area contributed by atoms with Crippen LogP contribution in [0, 0.1) is 5.41 Å². The van der Waals surface area contributed by atoms with Crippen molar-refractivity contribution in [1.29, 1.82) is 0 Å². The topological polar surface area (TPSA) is 63.3 Å². The molecule has 0 spiro atoms. The van der Waals surface area contributed by atoms with Crippen molar-refractivity contribution < 1.29 is 0 Å². The number of nitrogens with zero attached hydrogens (tertiary/aromatic N) is 2. The summed E-state index contributed by atoms with van der Waals surface area (Å²) >= 11 is 3.34. The first-order valence-electron chi connectivity index (χ1n) is 5.18. The van der Waals surface area contributed by atoms with Crippen LogP contribution in [0.15, 0.2) is 21.7 Å². The number of rotatable bonds is 1. The highest BCUT2D eigenvalue weighted by atomic mass is 79.9. The fraction of sp³-hybridized carbons (Fsp3) is 0.455. The molecule has 0 amide bonds. The summed E-state index contributed by atoms with van der Waals surface area (Å²) in [7, 11) is 0. The number of aromatic nitrogens is 1. The van der Waals surface area contributed by atoms with E-state index in [4.69, 9.17) is 5.73 Å². The van der Waals surface area contributed by atoms with E-state index in [2.05, 4.69) is 45.1 Å². The summed E-state index contributed by atoms with van der Waals surface area (Å²) in [5, 5.41) is 3.28. The summed E-state index contributed by atoms with van der Waals surface area (Å²) < 4.78 is 0.880. The molecular formula is C11H15BrN4.